The maximum absolute atomic E-state index is 12.3. The third kappa shape index (κ3) is 1.84. The molecule has 1 aliphatic heterocycles. The van der Waals surface area contributed by atoms with E-state index in [-0.39, 0.29) is 12.0 Å². The Morgan fingerprint density at radius 3 is 2.94 bits per heavy atom. The van der Waals surface area contributed by atoms with Gasteiger partial charge in [0.2, 0.25) is 0 Å². The lowest BCUT2D eigenvalue weighted by atomic mass is 10.1. The molecule has 1 saturated heterocycles. The lowest BCUT2D eigenvalue weighted by molar-refractivity contribution is 0.0548. The number of piperidine rings is 1. The van der Waals surface area contributed by atoms with E-state index < -0.39 is 0 Å². The van der Waals surface area contributed by atoms with Gasteiger partial charge < -0.3 is 10.0 Å². The minimum Gasteiger partial charge on any atom is -0.393 e. The number of nitrogens with zero attached hydrogens (tertiary/aromatic N) is 4. The van der Waals surface area contributed by atoms with E-state index in [4.69, 9.17) is 0 Å². The van der Waals surface area contributed by atoms with E-state index >= 15 is 0 Å². The van der Waals surface area contributed by atoms with Crippen LogP contribution in [-0.2, 0) is 0 Å². The molecule has 3 heterocycles. The summed E-state index contributed by atoms with van der Waals surface area (Å²) in [4.78, 5) is 18.3. The van der Waals surface area contributed by atoms with Gasteiger partial charge in [-0.1, -0.05) is 0 Å². The van der Waals surface area contributed by atoms with Gasteiger partial charge in [-0.05, 0) is 18.9 Å². The van der Waals surface area contributed by atoms with Gasteiger partial charge in [0.25, 0.3) is 5.91 Å². The molecule has 1 aliphatic rings. The number of aromatic nitrogens is 3. The van der Waals surface area contributed by atoms with E-state index in [1.54, 1.807) is 34.1 Å². The monoisotopic (exact) mass is 246 g/mol. The third-order valence-electron chi connectivity index (χ3n) is 3.26. The van der Waals surface area contributed by atoms with Crippen LogP contribution in [0.15, 0.2) is 24.7 Å². The average Bonchev–Trinajstić information content (AvgIpc) is 2.82. The second-order valence-corrected chi connectivity index (χ2v) is 4.47. The van der Waals surface area contributed by atoms with Crippen molar-refractivity contribution >= 4 is 11.6 Å². The van der Waals surface area contributed by atoms with Crippen LogP contribution in [0.1, 0.15) is 23.2 Å². The standard InChI is InChI=1S/C12H14N4O2/c17-9-2-6-15(7-3-9)12(18)10-8-14-16-5-1-4-13-11(10)16/h1,4-5,8-9,17H,2-3,6-7H2. The van der Waals surface area contributed by atoms with Crippen LogP contribution in [0.2, 0.25) is 0 Å². The zero-order valence-corrected chi connectivity index (χ0v) is 9.86. The summed E-state index contributed by atoms with van der Waals surface area (Å²) < 4.78 is 1.59. The van der Waals surface area contributed by atoms with Crippen LogP contribution in [0, 0.1) is 0 Å². The lowest BCUT2D eigenvalue weighted by Crippen LogP contribution is -2.40. The third-order valence-corrected chi connectivity index (χ3v) is 3.26. The van der Waals surface area contributed by atoms with Gasteiger partial charge in [-0.2, -0.15) is 5.10 Å². The van der Waals surface area contributed by atoms with E-state index in [1.165, 1.54) is 0 Å². The number of likely N-dealkylation sites (tertiary alicyclic amines) is 1. The van der Waals surface area contributed by atoms with Gasteiger partial charge in [-0.3, -0.25) is 4.79 Å². The fourth-order valence-electron chi connectivity index (χ4n) is 2.22. The molecule has 2 aromatic rings. The first-order valence-corrected chi connectivity index (χ1v) is 6.01. The molecule has 0 radical (unpaired) electrons. The predicted octanol–water partition coefficient (Wildman–Crippen LogP) is 0.326. The highest BCUT2D eigenvalue weighted by molar-refractivity contribution is 5.99. The zero-order chi connectivity index (χ0) is 12.5. The number of amides is 1. The van der Waals surface area contributed by atoms with Crippen LogP contribution in [0.3, 0.4) is 0 Å². The highest BCUT2D eigenvalue weighted by Gasteiger charge is 2.24. The molecule has 1 amide bonds. The Balaban J connectivity index is 1.88. The normalized spacial score (nSPS) is 17.3. The smallest absolute Gasteiger partial charge is 0.259 e. The number of aliphatic hydroxyl groups excluding tert-OH is 1. The van der Waals surface area contributed by atoms with Crippen LogP contribution in [0.25, 0.3) is 5.65 Å². The molecule has 0 saturated carbocycles. The Bertz CT molecular complexity index is 572. The number of carbonyl (C=O) groups is 1. The first-order valence-electron chi connectivity index (χ1n) is 6.01. The van der Waals surface area contributed by atoms with Crippen molar-refractivity contribution in [2.24, 2.45) is 0 Å². The molecule has 2 aromatic heterocycles. The van der Waals surface area contributed by atoms with Crippen LogP contribution in [-0.4, -0.2) is 49.7 Å². The van der Waals surface area contributed by atoms with Crippen molar-refractivity contribution in [2.75, 3.05) is 13.1 Å². The van der Waals surface area contributed by atoms with Gasteiger partial charge >= 0.3 is 0 Å². The maximum Gasteiger partial charge on any atom is 0.259 e. The number of rotatable bonds is 1. The lowest BCUT2D eigenvalue weighted by Gasteiger charge is -2.29. The minimum atomic E-state index is -0.281. The van der Waals surface area contributed by atoms with Gasteiger partial charge in [0.05, 0.1) is 12.3 Å². The van der Waals surface area contributed by atoms with Crippen molar-refractivity contribution in [2.45, 2.75) is 18.9 Å². The summed E-state index contributed by atoms with van der Waals surface area (Å²) in [6.07, 6.45) is 5.95. The summed E-state index contributed by atoms with van der Waals surface area (Å²) in [7, 11) is 0. The fourth-order valence-corrected chi connectivity index (χ4v) is 2.22. The predicted molar refractivity (Wildman–Crippen MR) is 64.1 cm³/mol. The summed E-state index contributed by atoms with van der Waals surface area (Å²) in [5, 5.41) is 13.6. The van der Waals surface area contributed by atoms with Crippen molar-refractivity contribution in [3.05, 3.63) is 30.2 Å². The summed E-state index contributed by atoms with van der Waals surface area (Å²) in [5.41, 5.74) is 1.10. The van der Waals surface area contributed by atoms with Crippen molar-refractivity contribution in [3.63, 3.8) is 0 Å². The molecule has 0 aromatic carbocycles. The second kappa shape index (κ2) is 4.38. The fraction of sp³-hybridized carbons (Fsp3) is 0.417. The molecule has 0 atom stereocenters. The molecule has 0 aliphatic carbocycles. The maximum atomic E-state index is 12.3. The Morgan fingerprint density at radius 2 is 2.17 bits per heavy atom. The van der Waals surface area contributed by atoms with Gasteiger partial charge in [-0.15, -0.1) is 0 Å². The van der Waals surface area contributed by atoms with Crippen molar-refractivity contribution in [1.82, 2.24) is 19.5 Å². The van der Waals surface area contributed by atoms with E-state index in [9.17, 15) is 9.90 Å². The molecule has 3 rings (SSSR count). The van der Waals surface area contributed by atoms with E-state index in [0.717, 1.165) is 0 Å². The van der Waals surface area contributed by atoms with Crippen molar-refractivity contribution < 1.29 is 9.90 Å². The van der Waals surface area contributed by atoms with Crippen molar-refractivity contribution in [1.29, 1.82) is 0 Å². The zero-order valence-electron chi connectivity index (χ0n) is 9.86. The van der Waals surface area contributed by atoms with Crippen molar-refractivity contribution in [3.8, 4) is 0 Å². The summed E-state index contributed by atoms with van der Waals surface area (Å²) in [6, 6.07) is 1.77. The Labute approximate surface area is 104 Å². The molecule has 0 unspecified atom stereocenters. The topological polar surface area (TPSA) is 70.7 Å². The molecular weight excluding hydrogens is 232 g/mol. The average molecular weight is 246 g/mol. The van der Waals surface area contributed by atoms with Crippen LogP contribution >= 0.6 is 0 Å². The number of carbonyl (C=O) groups excluding carboxylic acids is 1. The first-order chi connectivity index (χ1) is 8.75. The largest absolute Gasteiger partial charge is 0.393 e. The van der Waals surface area contributed by atoms with Crippen LogP contribution < -0.4 is 0 Å². The molecule has 0 spiro atoms. The van der Waals surface area contributed by atoms with E-state index in [0.29, 0.717) is 37.1 Å². The van der Waals surface area contributed by atoms with E-state index in [1.807, 2.05) is 0 Å². The van der Waals surface area contributed by atoms with Gasteiger partial charge in [0.1, 0.15) is 5.56 Å². The Hall–Kier alpha value is -1.95. The Morgan fingerprint density at radius 1 is 1.39 bits per heavy atom. The highest BCUT2D eigenvalue weighted by Crippen LogP contribution is 2.15. The summed E-state index contributed by atoms with van der Waals surface area (Å²) >= 11 is 0. The van der Waals surface area contributed by atoms with Gasteiger partial charge in [0.15, 0.2) is 5.65 Å². The molecule has 94 valence electrons. The molecule has 6 heteroatoms. The van der Waals surface area contributed by atoms with Gasteiger partial charge in [0, 0.05) is 25.5 Å². The SMILES string of the molecule is O=C(c1cnn2cccnc12)N1CCC(O)CC1. The number of hydrogen-bond donors (Lipinski definition) is 1. The number of fused-ring (bicyclic) bond motifs is 1. The molecule has 1 fully saturated rings. The summed E-state index contributed by atoms with van der Waals surface area (Å²) in [6.45, 7) is 1.17. The molecule has 18 heavy (non-hydrogen) atoms. The number of hydrogen-bond acceptors (Lipinski definition) is 4. The van der Waals surface area contributed by atoms with Crippen LogP contribution in [0.4, 0.5) is 0 Å². The summed E-state index contributed by atoms with van der Waals surface area (Å²) in [5.74, 6) is -0.0596. The first kappa shape index (κ1) is 11.2. The highest BCUT2D eigenvalue weighted by atomic mass is 16.3. The van der Waals surface area contributed by atoms with E-state index in [2.05, 4.69) is 10.1 Å². The minimum absolute atomic E-state index is 0.0596. The van der Waals surface area contributed by atoms with Gasteiger partial charge in [-0.25, -0.2) is 9.50 Å². The molecule has 6 nitrogen and oxygen atoms in total. The quantitative estimate of drug-likeness (QED) is 0.787. The second-order valence-electron chi connectivity index (χ2n) is 4.47. The number of aliphatic hydroxyl groups is 1. The molecular formula is C12H14N4O2. The molecule has 1 N–H and O–H groups in total. The van der Waals surface area contributed by atoms with Crippen LogP contribution in [0.5, 0.6) is 0 Å². The Kier molecular flexibility index (Phi) is 2.71. The molecule has 0 bridgehead atoms.